The highest BCUT2D eigenvalue weighted by Crippen LogP contribution is 2.47. The molecule has 5 rings (SSSR count). The summed E-state index contributed by atoms with van der Waals surface area (Å²) in [5, 5.41) is 2.92. The van der Waals surface area contributed by atoms with Gasteiger partial charge in [-0.15, -0.1) is 0 Å². The van der Waals surface area contributed by atoms with E-state index in [9.17, 15) is 14.4 Å². The lowest BCUT2D eigenvalue weighted by molar-refractivity contribution is -0.147. The molecule has 0 aromatic heterocycles. The minimum atomic E-state index is -0.827. The third kappa shape index (κ3) is 3.57. The van der Waals surface area contributed by atoms with Crippen LogP contribution in [0.25, 0.3) is 0 Å². The van der Waals surface area contributed by atoms with Gasteiger partial charge in [0.15, 0.2) is 11.5 Å². The lowest BCUT2D eigenvalue weighted by Gasteiger charge is -2.27. The number of carbonyl (C=O) groups is 3. The Morgan fingerprint density at radius 1 is 1.06 bits per heavy atom. The quantitative estimate of drug-likeness (QED) is 0.554. The zero-order valence-electron chi connectivity index (χ0n) is 18.6. The second-order valence-corrected chi connectivity index (χ2v) is 9.82. The summed E-state index contributed by atoms with van der Waals surface area (Å²) >= 11 is 0. The van der Waals surface area contributed by atoms with E-state index in [0.717, 1.165) is 25.7 Å². The monoisotopic (exact) mass is 438 g/mol. The number of fused-ring (bicyclic) bond motifs is 2. The highest BCUT2D eigenvalue weighted by Gasteiger charge is 2.51. The minimum absolute atomic E-state index is 0.145. The summed E-state index contributed by atoms with van der Waals surface area (Å²) in [5.41, 5.74) is 0.569. The molecule has 3 amide bonds. The van der Waals surface area contributed by atoms with Gasteiger partial charge >= 0.3 is 0 Å². The van der Waals surface area contributed by atoms with Crippen molar-refractivity contribution in [3.8, 4) is 11.5 Å². The predicted octanol–water partition coefficient (Wildman–Crippen LogP) is 4.03. The number of allylic oxidation sites excluding steroid dienone is 2. The van der Waals surface area contributed by atoms with Gasteiger partial charge in [0, 0.05) is 24.6 Å². The Balaban J connectivity index is 1.35. The summed E-state index contributed by atoms with van der Waals surface area (Å²) in [6.07, 6.45) is 9.32. The molecule has 3 atom stereocenters. The van der Waals surface area contributed by atoms with Crippen molar-refractivity contribution >= 4 is 23.4 Å². The fourth-order valence-electron chi connectivity index (χ4n) is 5.42. The number of likely N-dealkylation sites (tertiary alicyclic amines) is 1. The van der Waals surface area contributed by atoms with E-state index >= 15 is 0 Å². The van der Waals surface area contributed by atoms with Crippen LogP contribution in [0.2, 0.25) is 0 Å². The molecule has 1 aromatic rings. The molecule has 1 N–H and O–H groups in total. The van der Waals surface area contributed by atoms with Crippen LogP contribution in [0.4, 0.5) is 5.69 Å². The number of nitrogens with zero attached hydrogens (tertiary/aromatic N) is 1. The molecule has 1 aromatic carbocycles. The molecule has 2 fully saturated rings. The Labute approximate surface area is 188 Å². The molecule has 0 bridgehead atoms. The number of nitrogens with one attached hydrogen (secondary N) is 1. The largest absolute Gasteiger partial charge is 0.448 e. The first-order valence-corrected chi connectivity index (χ1v) is 11.7. The minimum Gasteiger partial charge on any atom is -0.448 e. The summed E-state index contributed by atoms with van der Waals surface area (Å²) in [6.45, 7) is 3.98. The van der Waals surface area contributed by atoms with Gasteiger partial charge in [0.2, 0.25) is 17.7 Å². The van der Waals surface area contributed by atoms with Crippen LogP contribution < -0.4 is 14.8 Å². The highest BCUT2D eigenvalue weighted by atomic mass is 16.7. The van der Waals surface area contributed by atoms with Crippen molar-refractivity contribution in [2.24, 2.45) is 17.8 Å². The number of imide groups is 1. The van der Waals surface area contributed by atoms with Gasteiger partial charge in [0.1, 0.15) is 6.04 Å². The summed E-state index contributed by atoms with van der Waals surface area (Å²) in [5.74, 6) is -0.596. The standard InChI is InChI=1S/C25H30N2O5/c1-15(2)13-19(27-23(29)17-7-3-4-8-18(17)24(27)30)22(28)26-16-9-10-20-21(14-16)32-25(31-20)11-5-6-12-25/h3-4,9-10,14-15,17-19H,5-8,11-13H2,1-2H3,(H,26,28)/t17-,18+,19-/m0/s1. The van der Waals surface area contributed by atoms with Gasteiger partial charge in [-0.1, -0.05) is 26.0 Å². The molecule has 170 valence electrons. The number of carbonyl (C=O) groups excluding carboxylic acids is 3. The molecule has 2 aliphatic carbocycles. The molecule has 2 aliphatic heterocycles. The number of anilines is 1. The van der Waals surface area contributed by atoms with Crippen LogP contribution in [0.15, 0.2) is 30.4 Å². The molecular formula is C25H30N2O5. The number of hydrogen-bond acceptors (Lipinski definition) is 5. The number of amides is 3. The van der Waals surface area contributed by atoms with Crippen molar-refractivity contribution in [2.45, 2.75) is 70.6 Å². The van der Waals surface area contributed by atoms with Crippen LogP contribution >= 0.6 is 0 Å². The van der Waals surface area contributed by atoms with Crippen LogP contribution in [0.1, 0.15) is 58.8 Å². The molecule has 4 aliphatic rings. The predicted molar refractivity (Wildman–Crippen MR) is 118 cm³/mol. The van der Waals surface area contributed by atoms with Gasteiger partial charge in [-0.25, -0.2) is 0 Å². The second kappa shape index (κ2) is 7.94. The lowest BCUT2D eigenvalue weighted by atomic mass is 9.85. The Morgan fingerprint density at radius 3 is 2.31 bits per heavy atom. The van der Waals surface area contributed by atoms with Crippen LogP contribution in [-0.2, 0) is 14.4 Å². The third-order valence-corrected chi connectivity index (χ3v) is 7.02. The summed E-state index contributed by atoms with van der Waals surface area (Å²) < 4.78 is 12.1. The van der Waals surface area contributed by atoms with Gasteiger partial charge in [0.05, 0.1) is 11.8 Å². The normalized spacial score (nSPS) is 26.2. The van der Waals surface area contributed by atoms with E-state index in [2.05, 4.69) is 5.32 Å². The van der Waals surface area contributed by atoms with E-state index in [-0.39, 0.29) is 35.5 Å². The van der Waals surface area contributed by atoms with E-state index in [1.807, 2.05) is 32.1 Å². The van der Waals surface area contributed by atoms with Gasteiger partial charge in [-0.3, -0.25) is 19.3 Å². The molecular weight excluding hydrogens is 408 g/mol. The van der Waals surface area contributed by atoms with Gasteiger partial charge < -0.3 is 14.8 Å². The summed E-state index contributed by atoms with van der Waals surface area (Å²) in [4.78, 5) is 40.7. The van der Waals surface area contributed by atoms with Crippen molar-refractivity contribution in [1.29, 1.82) is 0 Å². The van der Waals surface area contributed by atoms with Crippen molar-refractivity contribution in [3.05, 3.63) is 30.4 Å². The molecule has 0 radical (unpaired) electrons. The average molecular weight is 439 g/mol. The van der Waals surface area contributed by atoms with Crippen molar-refractivity contribution < 1.29 is 23.9 Å². The molecule has 1 saturated heterocycles. The Bertz CT molecular complexity index is 953. The number of hydrogen-bond donors (Lipinski definition) is 1. The van der Waals surface area contributed by atoms with E-state index in [1.54, 1.807) is 12.1 Å². The van der Waals surface area contributed by atoms with Crippen LogP contribution in [0.5, 0.6) is 11.5 Å². The first-order chi connectivity index (χ1) is 15.4. The summed E-state index contributed by atoms with van der Waals surface area (Å²) in [7, 11) is 0. The van der Waals surface area contributed by atoms with Gasteiger partial charge in [0.25, 0.3) is 5.79 Å². The van der Waals surface area contributed by atoms with Crippen molar-refractivity contribution in [3.63, 3.8) is 0 Å². The SMILES string of the molecule is CC(C)C[C@@H](C(=O)Nc1ccc2c(c1)OC1(CCCC1)O2)N1C(=O)[C@H]2CC=CC[C@H]2C1=O. The molecule has 1 saturated carbocycles. The van der Waals surface area contributed by atoms with Gasteiger partial charge in [-0.2, -0.15) is 0 Å². The smallest absolute Gasteiger partial charge is 0.251 e. The molecule has 7 nitrogen and oxygen atoms in total. The fraction of sp³-hybridized carbons (Fsp3) is 0.560. The molecule has 1 spiro atoms. The Kier molecular flexibility index (Phi) is 5.22. The fourth-order valence-corrected chi connectivity index (χ4v) is 5.42. The van der Waals surface area contributed by atoms with Crippen LogP contribution in [-0.4, -0.2) is 34.5 Å². The maximum Gasteiger partial charge on any atom is 0.251 e. The first-order valence-electron chi connectivity index (χ1n) is 11.7. The van der Waals surface area contributed by atoms with E-state index in [1.165, 1.54) is 4.90 Å². The van der Waals surface area contributed by atoms with E-state index in [4.69, 9.17) is 9.47 Å². The molecule has 7 heteroatoms. The van der Waals surface area contributed by atoms with Gasteiger partial charge in [-0.05, 0) is 50.2 Å². The maximum absolute atomic E-state index is 13.3. The molecule has 2 heterocycles. The molecule has 32 heavy (non-hydrogen) atoms. The Morgan fingerprint density at radius 2 is 1.69 bits per heavy atom. The topological polar surface area (TPSA) is 84.9 Å². The van der Waals surface area contributed by atoms with Crippen LogP contribution in [0, 0.1) is 17.8 Å². The van der Waals surface area contributed by atoms with Crippen molar-refractivity contribution in [1.82, 2.24) is 4.90 Å². The maximum atomic E-state index is 13.3. The Hall–Kier alpha value is -2.83. The van der Waals surface area contributed by atoms with Crippen LogP contribution in [0.3, 0.4) is 0 Å². The zero-order chi connectivity index (χ0) is 22.5. The van der Waals surface area contributed by atoms with Crippen molar-refractivity contribution in [2.75, 3.05) is 5.32 Å². The zero-order valence-corrected chi connectivity index (χ0v) is 18.6. The molecule has 0 unspecified atom stereocenters. The number of ether oxygens (including phenoxy) is 2. The average Bonchev–Trinajstić information content (AvgIpc) is 3.43. The number of benzene rings is 1. The first kappa shape index (κ1) is 21.0. The highest BCUT2D eigenvalue weighted by molar-refractivity contribution is 6.10. The third-order valence-electron chi connectivity index (χ3n) is 7.02. The van der Waals surface area contributed by atoms with E-state index < -0.39 is 11.8 Å². The summed E-state index contributed by atoms with van der Waals surface area (Å²) in [6, 6.07) is 4.52. The van der Waals surface area contributed by atoms with E-state index in [0.29, 0.717) is 36.4 Å². The lowest BCUT2D eigenvalue weighted by Crippen LogP contribution is -2.48. The second-order valence-electron chi connectivity index (χ2n) is 9.82. The number of rotatable bonds is 5.